The fraction of sp³-hybridized carbons (Fsp3) is 0.364. The molecule has 1 heterocycles. The molecule has 0 aliphatic carbocycles. The van der Waals surface area contributed by atoms with Crippen LogP contribution in [0.1, 0.15) is 12.0 Å². The zero-order valence-electron chi connectivity index (χ0n) is 8.29. The number of hydrogen-bond donors (Lipinski definition) is 2. The summed E-state index contributed by atoms with van der Waals surface area (Å²) in [6.45, 7) is 1.28. The third-order valence-electron chi connectivity index (χ3n) is 2.50. The van der Waals surface area contributed by atoms with Gasteiger partial charge in [0.1, 0.15) is 5.82 Å². The normalized spacial score (nSPS) is 19.4. The monoisotopic (exact) mass is 208 g/mol. The van der Waals surface area contributed by atoms with Crippen molar-refractivity contribution in [2.45, 2.75) is 19.0 Å². The van der Waals surface area contributed by atoms with Crippen LogP contribution in [0.2, 0.25) is 0 Å². The topological polar surface area (TPSA) is 41.1 Å². The van der Waals surface area contributed by atoms with Crippen molar-refractivity contribution in [1.29, 1.82) is 0 Å². The molecule has 1 aliphatic heterocycles. The van der Waals surface area contributed by atoms with Crippen LogP contribution in [-0.4, -0.2) is 18.5 Å². The maximum absolute atomic E-state index is 12.8. The highest BCUT2D eigenvalue weighted by Crippen LogP contribution is 2.05. The van der Waals surface area contributed by atoms with Gasteiger partial charge in [-0.25, -0.2) is 4.39 Å². The second-order valence-corrected chi connectivity index (χ2v) is 3.64. The SMILES string of the molecule is O=C(NCc1cccc(F)c1)[C@H]1CCN1. The molecule has 1 fully saturated rings. The van der Waals surface area contributed by atoms with Gasteiger partial charge in [0.2, 0.25) is 5.91 Å². The van der Waals surface area contributed by atoms with Crippen molar-refractivity contribution in [3.63, 3.8) is 0 Å². The Morgan fingerprint density at radius 3 is 3.00 bits per heavy atom. The highest BCUT2D eigenvalue weighted by atomic mass is 19.1. The molecule has 1 atom stereocenters. The summed E-state index contributed by atoms with van der Waals surface area (Å²) < 4.78 is 12.8. The lowest BCUT2D eigenvalue weighted by Crippen LogP contribution is -2.52. The third kappa shape index (κ3) is 2.53. The zero-order valence-corrected chi connectivity index (χ0v) is 8.29. The van der Waals surface area contributed by atoms with E-state index < -0.39 is 0 Å². The molecule has 1 aromatic rings. The van der Waals surface area contributed by atoms with Crippen LogP contribution in [0, 0.1) is 5.82 Å². The lowest BCUT2D eigenvalue weighted by Gasteiger charge is -2.26. The Labute approximate surface area is 87.7 Å². The van der Waals surface area contributed by atoms with Gasteiger partial charge >= 0.3 is 0 Å². The summed E-state index contributed by atoms with van der Waals surface area (Å²) in [6, 6.07) is 6.18. The molecule has 2 N–H and O–H groups in total. The van der Waals surface area contributed by atoms with Crippen LogP contribution in [-0.2, 0) is 11.3 Å². The molecular formula is C11H13FN2O. The van der Waals surface area contributed by atoms with E-state index in [4.69, 9.17) is 0 Å². The smallest absolute Gasteiger partial charge is 0.237 e. The first kappa shape index (κ1) is 10.1. The maximum Gasteiger partial charge on any atom is 0.237 e. The van der Waals surface area contributed by atoms with Crippen molar-refractivity contribution in [1.82, 2.24) is 10.6 Å². The van der Waals surface area contributed by atoms with Gasteiger partial charge in [0.15, 0.2) is 0 Å². The minimum absolute atomic E-state index is 0.00879. The lowest BCUT2D eigenvalue weighted by atomic mass is 10.1. The fourth-order valence-corrected chi connectivity index (χ4v) is 1.47. The number of halogens is 1. The van der Waals surface area contributed by atoms with Crippen LogP contribution in [0.25, 0.3) is 0 Å². The Hall–Kier alpha value is -1.42. The van der Waals surface area contributed by atoms with E-state index in [2.05, 4.69) is 10.6 Å². The highest BCUT2D eigenvalue weighted by Gasteiger charge is 2.23. The number of hydrogen-bond acceptors (Lipinski definition) is 2. The Kier molecular flexibility index (Phi) is 2.97. The maximum atomic E-state index is 12.8. The van der Waals surface area contributed by atoms with E-state index in [0.717, 1.165) is 18.5 Å². The average molecular weight is 208 g/mol. The van der Waals surface area contributed by atoms with Crippen molar-refractivity contribution in [3.05, 3.63) is 35.6 Å². The van der Waals surface area contributed by atoms with Gasteiger partial charge in [-0.05, 0) is 30.7 Å². The lowest BCUT2D eigenvalue weighted by molar-refractivity contribution is -0.124. The minimum Gasteiger partial charge on any atom is -0.351 e. The number of carbonyl (C=O) groups excluding carboxylic acids is 1. The van der Waals surface area contributed by atoms with Gasteiger partial charge in [-0.15, -0.1) is 0 Å². The van der Waals surface area contributed by atoms with Gasteiger partial charge in [0.05, 0.1) is 6.04 Å². The summed E-state index contributed by atoms with van der Waals surface area (Å²) in [4.78, 5) is 11.4. The molecular weight excluding hydrogens is 195 g/mol. The molecule has 15 heavy (non-hydrogen) atoms. The minimum atomic E-state index is -0.275. The molecule has 3 nitrogen and oxygen atoms in total. The van der Waals surface area contributed by atoms with Gasteiger partial charge in [-0.2, -0.15) is 0 Å². The standard InChI is InChI=1S/C11H13FN2O/c12-9-3-1-2-8(6-9)7-14-11(15)10-4-5-13-10/h1-3,6,10,13H,4-5,7H2,(H,14,15)/t10-/m1/s1. The van der Waals surface area contributed by atoms with E-state index in [1.807, 2.05) is 0 Å². The first-order chi connectivity index (χ1) is 7.25. The molecule has 4 heteroatoms. The van der Waals surface area contributed by atoms with Crippen molar-refractivity contribution >= 4 is 5.91 Å². The molecule has 0 aromatic heterocycles. The van der Waals surface area contributed by atoms with Crippen LogP contribution in [0.4, 0.5) is 4.39 Å². The second kappa shape index (κ2) is 4.40. The first-order valence-electron chi connectivity index (χ1n) is 5.01. The average Bonchev–Trinajstić information content (AvgIpc) is 2.12. The Morgan fingerprint density at radius 2 is 2.40 bits per heavy atom. The van der Waals surface area contributed by atoms with Gasteiger partial charge < -0.3 is 10.6 Å². The molecule has 1 aliphatic rings. The highest BCUT2D eigenvalue weighted by molar-refractivity contribution is 5.82. The van der Waals surface area contributed by atoms with Crippen LogP contribution in [0.15, 0.2) is 24.3 Å². The number of nitrogens with one attached hydrogen (secondary N) is 2. The number of rotatable bonds is 3. The van der Waals surface area contributed by atoms with Gasteiger partial charge in [0, 0.05) is 6.54 Å². The number of amides is 1. The second-order valence-electron chi connectivity index (χ2n) is 3.64. The van der Waals surface area contributed by atoms with Crippen molar-refractivity contribution in [3.8, 4) is 0 Å². The number of benzene rings is 1. The summed E-state index contributed by atoms with van der Waals surface area (Å²) in [5.74, 6) is -0.283. The Bertz CT molecular complexity index is 363. The summed E-state index contributed by atoms with van der Waals surface area (Å²) in [5, 5.41) is 5.77. The molecule has 80 valence electrons. The molecule has 0 spiro atoms. The van der Waals surface area contributed by atoms with E-state index in [9.17, 15) is 9.18 Å². The molecule has 0 bridgehead atoms. The van der Waals surface area contributed by atoms with Crippen LogP contribution >= 0.6 is 0 Å². The van der Waals surface area contributed by atoms with Crippen LogP contribution < -0.4 is 10.6 Å². The molecule has 0 saturated carbocycles. The molecule has 1 amide bonds. The van der Waals surface area contributed by atoms with Gasteiger partial charge in [-0.3, -0.25) is 4.79 Å². The molecule has 2 rings (SSSR count). The third-order valence-corrected chi connectivity index (χ3v) is 2.50. The Balaban J connectivity index is 1.84. The van der Waals surface area contributed by atoms with Crippen LogP contribution in [0.3, 0.4) is 0 Å². The predicted molar refractivity (Wildman–Crippen MR) is 54.7 cm³/mol. The van der Waals surface area contributed by atoms with E-state index in [0.29, 0.717) is 6.54 Å². The van der Waals surface area contributed by atoms with E-state index in [1.54, 1.807) is 12.1 Å². The zero-order chi connectivity index (χ0) is 10.7. The molecule has 1 aromatic carbocycles. The van der Waals surface area contributed by atoms with E-state index in [1.165, 1.54) is 12.1 Å². The quantitative estimate of drug-likeness (QED) is 0.771. The Morgan fingerprint density at radius 1 is 1.60 bits per heavy atom. The molecule has 0 radical (unpaired) electrons. The van der Waals surface area contributed by atoms with Crippen molar-refractivity contribution in [2.24, 2.45) is 0 Å². The van der Waals surface area contributed by atoms with E-state index in [-0.39, 0.29) is 17.8 Å². The summed E-state index contributed by atoms with van der Waals surface area (Å²) >= 11 is 0. The van der Waals surface area contributed by atoms with Gasteiger partial charge in [0.25, 0.3) is 0 Å². The van der Waals surface area contributed by atoms with E-state index >= 15 is 0 Å². The van der Waals surface area contributed by atoms with Crippen LogP contribution in [0.5, 0.6) is 0 Å². The van der Waals surface area contributed by atoms with Crippen molar-refractivity contribution in [2.75, 3.05) is 6.54 Å². The van der Waals surface area contributed by atoms with Crippen molar-refractivity contribution < 1.29 is 9.18 Å². The molecule has 0 unspecified atom stereocenters. The fourth-order valence-electron chi connectivity index (χ4n) is 1.47. The number of carbonyl (C=O) groups is 1. The molecule has 1 saturated heterocycles. The largest absolute Gasteiger partial charge is 0.351 e. The predicted octanol–water partition coefficient (Wildman–Crippen LogP) is 0.804. The summed E-state index contributed by atoms with van der Waals surface area (Å²) in [7, 11) is 0. The summed E-state index contributed by atoms with van der Waals surface area (Å²) in [5.41, 5.74) is 0.780. The first-order valence-corrected chi connectivity index (χ1v) is 5.01. The summed E-state index contributed by atoms with van der Waals surface area (Å²) in [6.07, 6.45) is 0.884. The van der Waals surface area contributed by atoms with Gasteiger partial charge in [-0.1, -0.05) is 12.1 Å².